The van der Waals surface area contributed by atoms with E-state index in [0.717, 1.165) is 16.7 Å². The summed E-state index contributed by atoms with van der Waals surface area (Å²) >= 11 is 0.733. The third-order valence-electron chi connectivity index (χ3n) is 7.07. The molecule has 4 aromatic rings. The number of urea groups is 1. The topological polar surface area (TPSA) is 203 Å². The molecule has 0 unspecified atom stereocenters. The maximum atomic E-state index is 13.9. The lowest BCUT2D eigenvalue weighted by Crippen LogP contribution is -2.32. The molecule has 1 aromatic carbocycles. The summed E-state index contributed by atoms with van der Waals surface area (Å²) in [6.07, 6.45) is -1.98. The standard InChI is InChI=1S/C30H34F3N6O9PS/c1-4-34-29(42)38-25-11-19(28-37-24(16-50-28)30(31,32)33)21(12-36-25)17-6-7-23-20(10-17)26(40)22(13-39(23)18(14-46-2)15-47-3)27(41)35-8-5-9-48-49(43,44)45/h6-7,10-13,16,18H,4-5,8-9,14-15H2,1-3H3,(H,35,41)(H2,43,44,45)(H2,34,36,38,42). The molecule has 4 rings (SSSR count). The Kier molecular flexibility index (Phi) is 12.8. The van der Waals surface area contributed by atoms with E-state index < -0.39 is 43.1 Å². The van der Waals surface area contributed by atoms with Gasteiger partial charge in [0, 0.05) is 61.6 Å². The van der Waals surface area contributed by atoms with Gasteiger partial charge in [0.1, 0.15) is 16.4 Å². The molecule has 0 aliphatic carbocycles. The number of anilines is 1. The van der Waals surface area contributed by atoms with Crippen LogP contribution in [-0.4, -0.2) is 83.4 Å². The molecular formula is C30H34F3N6O9PS. The van der Waals surface area contributed by atoms with Crippen molar-refractivity contribution in [3.05, 3.63) is 63.5 Å². The molecule has 0 atom stereocenters. The number of benzene rings is 1. The minimum Gasteiger partial charge on any atom is -0.382 e. The van der Waals surface area contributed by atoms with E-state index >= 15 is 0 Å². The van der Waals surface area contributed by atoms with Crippen molar-refractivity contribution in [2.75, 3.05) is 52.4 Å². The number of phosphoric acid groups is 1. The molecule has 0 aliphatic rings. The quantitative estimate of drug-likeness (QED) is 0.0853. The van der Waals surface area contributed by atoms with Crippen LogP contribution in [0.25, 0.3) is 32.6 Å². The molecule has 0 fully saturated rings. The molecule has 0 spiro atoms. The highest BCUT2D eigenvalue weighted by atomic mass is 32.1. The van der Waals surface area contributed by atoms with Crippen LogP contribution in [0, 0.1) is 0 Å². The molecule has 270 valence electrons. The number of nitrogens with one attached hydrogen (secondary N) is 3. The van der Waals surface area contributed by atoms with Gasteiger partial charge in [-0.15, -0.1) is 11.3 Å². The first-order valence-electron chi connectivity index (χ1n) is 14.9. The molecule has 0 bridgehead atoms. The number of carbonyl (C=O) groups excluding carboxylic acids is 2. The van der Waals surface area contributed by atoms with Crippen LogP contribution in [0.4, 0.5) is 23.8 Å². The monoisotopic (exact) mass is 742 g/mol. The molecule has 3 aromatic heterocycles. The fraction of sp³-hybridized carbons (Fsp3) is 0.367. The second kappa shape index (κ2) is 16.7. The van der Waals surface area contributed by atoms with Crippen molar-refractivity contribution in [3.8, 4) is 21.7 Å². The van der Waals surface area contributed by atoms with Crippen molar-refractivity contribution in [3.63, 3.8) is 0 Å². The van der Waals surface area contributed by atoms with Crippen LogP contribution in [0.15, 0.2) is 46.8 Å². The van der Waals surface area contributed by atoms with Gasteiger partial charge in [-0.25, -0.2) is 19.3 Å². The van der Waals surface area contributed by atoms with Gasteiger partial charge in [-0.1, -0.05) is 6.07 Å². The van der Waals surface area contributed by atoms with E-state index in [-0.39, 0.29) is 65.7 Å². The third kappa shape index (κ3) is 9.72. The van der Waals surface area contributed by atoms with Crippen LogP contribution in [0.3, 0.4) is 0 Å². The first kappa shape index (κ1) is 38.6. The van der Waals surface area contributed by atoms with Crippen molar-refractivity contribution in [2.45, 2.75) is 25.6 Å². The molecule has 0 radical (unpaired) electrons. The van der Waals surface area contributed by atoms with Crippen molar-refractivity contribution in [1.82, 2.24) is 25.2 Å². The van der Waals surface area contributed by atoms with Gasteiger partial charge in [0.15, 0.2) is 5.69 Å². The average Bonchev–Trinajstić information content (AvgIpc) is 3.56. The summed E-state index contributed by atoms with van der Waals surface area (Å²) in [6.45, 7) is 1.86. The number of pyridine rings is 2. The highest BCUT2D eigenvalue weighted by Crippen LogP contribution is 2.39. The zero-order chi connectivity index (χ0) is 36.6. The van der Waals surface area contributed by atoms with Gasteiger partial charge in [0.2, 0.25) is 5.43 Å². The van der Waals surface area contributed by atoms with Crippen molar-refractivity contribution in [2.24, 2.45) is 0 Å². The van der Waals surface area contributed by atoms with Gasteiger partial charge in [-0.3, -0.25) is 19.4 Å². The number of phosphoric ester groups is 1. The SMILES string of the molecule is CCNC(=O)Nc1cc(-c2nc(C(F)(F)F)cs2)c(-c2ccc3c(c2)c(=O)c(C(=O)NCCCOP(=O)(O)O)cn3C(COC)COC)cn1. The first-order valence-corrected chi connectivity index (χ1v) is 17.3. The molecule has 50 heavy (non-hydrogen) atoms. The predicted octanol–water partition coefficient (Wildman–Crippen LogP) is 4.41. The van der Waals surface area contributed by atoms with E-state index in [1.54, 1.807) is 23.6 Å². The van der Waals surface area contributed by atoms with Crippen LogP contribution < -0.4 is 21.4 Å². The summed E-state index contributed by atoms with van der Waals surface area (Å²) in [4.78, 5) is 65.2. The number of halogens is 3. The summed E-state index contributed by atoms with van der Waals surface area (Å²) in [6, 6.07) is 5.01. The largest absolute Gasteiger partial charge is 0.469 e. The number of ether oxygens (including phenoxy) is 2. The van der Waals surface area contributed by atoms with E-state index in [4.69, 9.17) is 19.3 Å². The van der Waals surface area contributed by atoms with Crippen LogP contribution >= 0.6 is 19.2 Å². The Hall–Kier alpha value is -4.23. The molecule has 15 nitrogen and oxygen atoms in total. The number of thiazole rings is 1. The highest BCUT2D eigenvalue weighted by Gasteiger charge is 2.34. The van der Waals surface area contributed by atoms with E-state index in [0.29, 0.717) is 17.6 Å². The Bertz CT molecular complexity index is 1940. The lowest BCUT2D eigenvalue weighted by atomic mass is 9.99. The smallest absolute Gasteiger partial charge is 0.382 e. The van der Waals surface area contributed by atoms with Gasteiger partial charge in [0.05, 0.1) is 31.4 Å². The molecule has 3 amide bonds. The third-order valence-corrected chi connectivity index (χ3v) is 8.47. The van der Waals surface area contributed by atoms with Crippen LogP contribution in [0.5, 0.6) is 0 Å². The fourth-order valence-electron chi connectivity index (χ4n) is 4.91. The number of alkyl halides is 3. The average molecular weight is 743 g/mol. The second-order valence-electron chi connectivity index (χ2n) is 10.6. The Morgan fingerprint density at radius 2 is 1.82 bits per heavy atom. The van der Waals surface area contributed by atoms with E-state index in [1.807, 2.05) is 0 Å². The van der Waals surface area contributed by atoms with Gasteiger partial charge in [0.25, 0.3) is 5.91 Å². The van der Waals surface area contributed by atoms with Crippen LogP contribution in [0.2, 0.25) is 0 Å². The Morgan fingerprint density at radius 3 is 2.44 bits per heavy atom. The van der Waals surface area contributed by atoms with Gasteiger partial charge in [-0.05, 0) is 37.1 Å². The number of hydrogen-bond acceptors (Lipinski definition) is 10. The summed E-state index contributed by atoms with van der Waals surface area (Å²) in [5.74, 6) is -0.736. The van der Waals surface area contributed by atoms with Crippen molar-refractivity contribution >= 4 is 47.8 Å². The molecular weight excluding hydrogens is 708 g/mol. The van der Waals surface area contributed by atoms with Crippen LogP contribution in [-0.2, 0) is 24.7 Å². The number of nitrogens with zero attached hydrogens (tertiary/aromatic N) is 3. The first-order chi connectivity index (χ1) is 23.7. The lowest BCUT2D eigenvalue weighted by Gasteiger charge is -2.23. The molecule has 20 heteroatoms. The molecule has 0 aliphatic heterocycles. The Labute approximate surface area is 287 Å². The zero-order valence-corrected chi connectivity index (χ0v) is 28.7. The zero-order valence-electron chi connectivity index (χ0n) is 26.9. The molecule has 5 N–H and O–H groups in total. The molecule has 0 saturated carbocycles. The second-order valence-corrected chi connectivity index (χ2v) is 12.7. The van der Waals surface area contributed by atoms with E-state index in [2.05, 4.69) is 30.4 Å². The number of methoxy groups -OCH3 is 2. The van der Waals surface area contributed by atoms with Crippen molar-refractivity contribution in [1.29, 1.82) is 0 Å². The number of aromatic nitrogens is 3. The maximum Gasteiger partial charge on any atom is 0.469 e. The highest BCUT2D eigenvalue weighted by molar-refractivity contribution is 7.46. The summed E-state index contributed by atoms with van der Waals surface area (Å²) in [5, 5.41) is 8.53. The predicted molar refractivity (Wildman–Crippen MR) is 178 cm³/mol. The molecule has 0 saturated heterocycles. The number of rotatable bonds is 15. The van der Waals surface area contributed by atoms with Crippen molar-refractivity contribution < 1.29 is 51.1 Å². The number of fused-ring (bicyclic) bond motifs is 1. The lowest BCUT2D eigenvalue weighted by molar-refractivity contribution is -0.140. The summed E-state index contributed by atoms with van der Waals surface area (Å²) in [5.41, 5.74) is -0.833. The van der Waals surface area contributed by atoms with Gasteiger partial charge < -0.3 is 34.5 Å². The number of amides is 3. The number of hydrogen-bond donors (Lipinski definition) is 5. The Balaban J connectivity index is 1.85. The van der Waals surface area contributed by atoms with Crippen LogP contribution in [0.1, 0.15) is 35.4 Å². The Morgan fingerprint density at radius 1 is 1.10 bits per heavy atom. The van der Waals surface area contributed by atoms with Gasteiger partial charge in [-0.2, -0.15) is 13.2 Å². The summed E-state index contributed by atoms with van der Waals surface area (Å²) < 4.78 is 68.2. The maximum absolute atomic E-state index is 13.9. The minimum absolute atomic E-state index is 0.0257. The normalized spacial score (nSPS) is 12.0. The number of carbonyl (C=O) groups is 2. The fourth-order valence-corrected chi connectivity index (χ4v) is 6.14. The van der Waals surface area contributed by atoms with Gasteiger partial charge >= 0.3 is 20.0 Å². The minimum atomic E-state index is -4.71. The van der Waals surface area contributed by atoms with E-state index in [9.17, 15) is 32.1 Å². The molecule has 3 heterocycles. The summed E-state index contributed by atoms with van der Waals surface area (Å²) in [7, 11) is -1.75. The van der Waals surface area contributed by atoms with E-state index in [1.165, 1.54) is 38.7 Å².